The van der Waals surface area contributed by atoms with Crippen LogP contribution < -0.4 is 0 Å². The standard InChI is InChI=1S/C39H61N3O10/c1-27(26-50-38(48)42-20-10-15-32(42)36(45)46)11-9-12-28(2)35-29(3)16-17-33(39(4,49)19-18-31(43)25-34(44)52-35)51-37(47)41-23-21-40(22-24-41)30-13-7-5-6-8-14-30/h9,11-12,16-17,27,29-33,35,43,49H,5-8,10,13-15,18-26H2,1-4H3,(H,45,46)/b11-9+,17-16+,28-12+/t27?,29-,31-,32+,33-,35+,39-/m0/s1. The van der Waals surface area contributed by atoms with Gasteiger partial charge in [-0.3, -0.25) is 14.6 Å². The fourth-order valence-corrected chi connectivity index (χ4v) is 7.60. The van der Waals surface area contributed by atoms with Gasteiger partial charge in [0.25, 0.3) is 0 Å². The van der Waals surface area contributed by atoms with E-state index in [0.717, 1.165) is 13.1 Å². The van der Waals surface area contributed by atoms with Gasteiger partial charge < -0.3 is 34.4 Å². The highest BCUT2D eigenvalue weighted by Gasteiger charge is 2.38. The van der Waals surface area contributed by atoms with Gasteiger partial charge in [0.15, 0.2) is 6.10 Å². The predicted molar refractivity (Wildman–Crippen MR) is 194 cm³/mol. The molecular formula is C39H61N3O10. The highest BCUT2D eigenvalue weighted by molar-refractivity contribution is 5.80. The van der Waals surface area contributed by atoms with Gasteiger partial charge in [-0.1, -0.05) is 63.8 Å². The highest BCUT2D eigenvalue weighted by Crippen LogP contribution is 2.28. The summed E-state index contributed by atoms with van der Waals surface area (Å²) in [7, 11) is 0. The van der Waals surface area contributed by atoms with E-state index in [1.807, 2.05) is 26.8 Å². The van der Waals surface area contributed by atoms with Crippen molar-refractivity contribution in [3.05, 3.63) is 36.0 Å². The number of aliphatic hydroxyl groups excluding tert-OH is 1. The molecule has 0 aromatic heterocycles. The normalized spacial score (nSPS) is 31.9. The van der Waals surface area contributed by atoms with Crippen molar-refractivity contribution in [1.29, 1.82) is 0 Å². The number of aliphatic carboxylic acids is 1. The number of ether oxygens (including phenoxy) is 3. The van der Waals surface area contributed by atoms with Crippen molar-refractivity contribution in [2.24, 2.45) is 11.8 Å². The molecule has 1 saturated carbocycles. The number of hydrogen-bond acceptors (Lipinski definition) is 10. The van der Waals surface area contributed by atoms with Gasteiger partial charge in [-0.05, 0) is 64.0 Å². The molecule has 4 rings (SSSR count). The number of likely N-dealkylation sites (tertiary alicyclic amines) is 1. The van der Waals surface area contributed by atoms with Gasteiger partial charge in [-0.25, -0.2) is 14.4 Å². The lowest BCUT2D eigenvalue weighted by Gasteiger charge is -2.40. The van der Waals surface area contributed by atoms with Crippen LogP contribution in [0.3, 0.4) is 0 Å². The number of hydrogen-bond donors (Lipinski definition) is 3. The maximum absolute atomic E-state index is 13.4. The molecule has 0 radical (unpaired) electrons. The molecule has 0 bridgehead atoms. The number of aliphatic hydroxyl groups is 2. The fraction of sp³-hybridized carbons (Fsp3) is 0.744. The number of carboxylic acid groups (broad SMARTS) is 1. The summed E-state index contributed by atoms with van der Waals surface area (Å²) in [6.07, 6.45) is 13.5. The van der Waals surface area contributed by atoms with Crippen molar-refractivity contribution in [1.82, 2.24) is 14.7 Å². The van der Waals surface area contributed by atoms with E-state index < -0.39 is 54.1 Å². The van der Waals surface area contributed by atoms with Crippen LogP contribution in [0.1, 0.15) is 98.3 Å². The maximum atomic E-state index is 13.4. The quantitative estimate of drug-likeness (QED) is 0.101. The van der Waals surface area contributed by atoms with Crippen LogP contribution in [-0.4, -0.2) is 129 Å². The minimum Gasteiger partial charge on any atom is -0.480 e. The summed E-state index contributed by atoms with van der Waals surface area (Å²) in [4.78, 5) is 55.7. The van der Waals surface area contributed by atoms with Crippen LogP contribution >= 0.6 is 0 Å². The molecule has 3 aliphatic heterocycles. The Kier molecular flexibility index (Phi) is 15.6. The molecule has 1 aliphatic carbocycles. The van der Waals surface area contributed by atoms with Crippen molar-refractivity contribution in [2.45, 2.75) is 134 Å². The second-order valence-electron chi connectivity index (χ2n) is 15.4. The Hall–Kier alpha value is -3.42. The van der Waals surface area contributed by atoms with Crippen molar-refractivity contribution < 1.29 is 48.7 Å². The third-order valence-electron chi connectivity index (χ3n) is 11.0. The average molecular weight is 732 g/mol. The van der Waals surface area contributed by atoms with Crippen molar-refractivity contribution in [2.75, 3.05) is 39.3 Å². The van der Waals surface area contributed by atoms with Crippen LogP contribution in [-0.2, 0) is 23.8 Å². The van der Waals surface area contributed by atoms with Crippen LogP contribution in [0.4, 0.5) is 9.59 Å². The SMILES string of the molecule is C/C(=C\C=C\C(C)COC(=O)N1CCC[C@@H]1C(=O)O)[C@H]1OC(=O)C[C@@H](O)CC[C@](C)(O)[C@@H](OC(=O)N2CCN(C3CCCCCC3)CC2)/C=C/[C@@H]1C. The Morgan fingerprint density at radius 2 is 1.69 bits per heavy atom. The topological polar surface area (TPSA) is 166 Å². The van der Waals surface area contributed by atoms with Crippen LogP contribution in [0.15, 0.2) is 36.0 Å². The van der Waals surface area contributed by atoms with E-state index in [4.69, 9.17) is 14.2 Å². The van der Waals surface area contributed by atoms with Crippen molar-refractivity contribution in [3.63, 3.8) is 0 Å². The number of cyclic esters (lactones) is 1. The Morgan fingerprint density at radius 1 is 1.00 bits per heavy atom. The summed E-state index contributed by atoms with van der Waals surface area (Å²) >= 11 is 0. The van der Waals surface area contributed by atoms with Crippen molar-refractivity contribution >= 4 is 24.1 Å². The lowest BCUT2D eigenvalue weighted by atomic mass is 9.89. The van der Waals surface area contributed by atoms with E-state index in [1.165, 1.54) is 43.4 Å². The highest BCUT2D eigenvalue weighted by atomic mass is 16.6. The van der Waals surface area contributed by atoms with Crippen LogP contribution in [0.5, 0.6) is 0 Å². The maximum Gasteiger partial charge on any atom is 0.410 e. The van der Waals surface area contributed by atoms with Gasteiger partial charge >= 0.3 is 24.1 Å². The van der Waals surface area contributed by atoms with Crippen LogP contribution in [0.2, 0.25) is 0 Å². The molecule has 0 aromatic carbocycles. The lowest BCUT2D eigenvalue weighted by Crippen LogP contribution is -2.53. The van der Waals surface area contributed by atoms with Gasteiger partial charge in [-0.15, -0.1) is 0 Å². The molecule has 4 aliphatic rings. The first-order chi connectivity index (χ1) is 24.7. The molecule has 3 N–H and O–H groups in total. The molecule has 7 atom stereocenters. The number of esters is 1. The fourth-order valence-electron chi connectivity index (χ4n) is 7.60. The Balaban J connectivity index is 1.39. The molecule has 2 amide bonds. The van der Waals surface area contributed by atoms with Gasteiger partial charge in [-0.2, -0.15) is 0 Å². The van der Waals surface area contributed by atoms with Gasteiger partial charge in [0.1, 0.15) is 17.7 Å². The number of amides is 2. The number of allylic oxidation sites excluding steroid dienone is 2. The average Bonchev–Trinajstić information content (AvgIpc) is 3.46. The molecule has 13 nitrogen and oxygen atoms in total. The zero-order valence-electron chi connectivity index (χ0n) is 31.5. The van der Waals surface area contributed by atoms with E-state index in [0.29, 0.717) is 44.1 Å². The Morgan fingerprint density at radius 3 is 2.37 bits per heavy atom. The monoisotopic (exact) mass is 731 g/mol. The summed E-state index contributed by atoms with van der Waals surface area (Å²) in [6.45, 7) is 10.3. The summed E-state index contributed by atoms with van der Waals surface area (Å²) in [5.74, 6) is -2.17. The molecule has 3 heterocycles. The Bertz CT molecular complexity index is 1300. The number of carbonyl (C=O) groups is 4. The van der Waals surface area contributed by atoms with Crippen molar-refractivity contribution in [3.8, 4) is 0 Å². The molecule has 1 unspecified atom stereocenters. The molecule has 0 spiro atoms. The first-order valence-corrected chi connectivity index (χ1v) is 19.2. The van der Waals surface area contributed by atoms with Crippen LogP contribution in [0.25, 0.3) is 0 Å². The number of piperazine rings is 1. The van der Waals surface area contributed by atoms with E-state index >= 15 is 0 Å². The minimum absolute atomic E-state index is 0.0662. The third-order valence-corrected chi connectivity index (χ3v) is 11.0. The van der Waals surface area contributed by atoms with E-state index in [1.54, 1.807) is 36.1 Å². The number of rotatable bonds is 8. The smallest absolute Gasteiger partial charge is 0.410 e. The molecule has 52 heavy (non-hydrogen) atoms. The summed E-state index contributed by atoms with van der Waals surface area (Å²) in [5, 5.41) is 31.5. The lowest BCUT2D eigenvalue weighted by molar-refractivity contribution is -0.151. The van der Waals surface area contributed by atoms with Crippen LogP contribution in [0, 0.1) is 11.8 Å². The molecular weight excluding hydrogens is 670 g/mol. The second-order valence-corrected chi connectivity index (χ2v) is 15.4. The minimum atomic E-state index is -1.50. The van der Waals surface area contributed by atoms with E-state index in [-0.39, 0.29) is 37.7 Å². The third kappa shape index (κ3) is 12.1. The second kappa shape index (κ2) is 19.6. The van der Waals surface area contributed by atoms with E-state index in [2.05, 4.69) is 4.90 Å². The van der Waals surface area contributed by atoms with Gasteiger partial charge in [0.05, 0.1) is 19.1 Å². The van der Waals surface area contributed by atoms with E-state index in [9.17, 15) is 34.5 Å². The molecule has 2 saturated heterocycles. The zero-order valence-corrected chi connectivity index (χ0v) is 31.5. The largest absolute Gasteiger partial charge is 0.480 e. The number of carboxylic acids is 1. The summed E-state index contributed by atoms with van der Waals surface area (Å²) in [5.41, 5.74) is -0.782. The number of nitrogens with zero attached hydrogens (tertiary/aromatic N) is 3. The Labute approximate surface area is 308 Å². The number of carbonyl (C=O) groups excluding carboxylic acids is 3. The molecule has 292 valence electrons. The van der Waals surface area contributed by atoms with Gasteiger partial charge in [0.2, 0.25) is 0 Å². The first-order valence-electron chi connectivity index (χ1n) is 19.2. The summed E-state index contributed by atoms with van der Waals surface area (Å²) < 4.78 is 17.2. The molecule has 3 fully saturated rings. The summed E-state index contributed by atoms with van der Waals surface area (Å²) in [6, 6.07) is -0.290. The zero-order chi connectivity index (χ0) is 37.8. The first kappa shape index (κ1) is 41.3. The molecule has 13 heteroatoms. The van der Waals surface area contributed by atoms with Gasteiger partial charge in [0, 0.05) is 50.6 Å². The predicted octanol–water partition coefficient (Wildman–Crippen LogP) is 5.06. The molecule has 0 aromatic rings.